The Labute approximate surface area is 157 Å². The summed E-state index contributed by atoms with van der Waals surface area (Å²) in [5.74, 6) is -0.507. The van der Waals surface area contributed by atoms with Crippen LogP contribution in [-0.2, 0) is 11.3 Å². The predicted molar refractivity (Wildman–Crippen MR) is 101 cm³/mol. The molecule has 0 saturated carbocycles. The molecule has 0 aliphatic rings. The normalized spacial score (nSPS) is 10.9. The van der Waals surface area contributed by atoms with Gasteiger partial charge in [-0.2, -0.15) is 0 Å². The van der Waals surface area contributed by atoms with Crippen LogP contribution >= 0.6 is 11.3 Å². The highest BCUT2D eigenvalue weighted by molar-refractivity contribution is 7.17. The molecule has 4 rings (SSSR count). The van der Waals surface area contributed by atoms with Crippen LogP contribution in [0.1, 0.15) is 0 Å². The Morgan fingerprint density at radius 2 is 1.85 bits per heavy atom. The van der Waals surface area contributed by atoms with Crippen molar-refractivity contribution in [3.05, 3.63) is 82.5 Å². The smallest absolute Gasteiger partial charge is 0.331 e. The van der Waals surface area contributed by atoms with E-state index in [1.807, 2.05) is 6.07 Å². The molecule has 7 heteroatoms. The first-order chi connectivity index (χ1) is 13.1. The molecule has 0 radical (unpaired) electrons. The molecule has 0 N–H and O–H groups in total. The number of ether oxygens (including phenoxy) is 1. The Hall–Kier alpha value is -3.32. The van der Waals surface area contributed by atoms with Crippen molar-refractivity contribution < 1.29 is 13.9 Å². The highest BCUT2D eigenvalue weighted by Gasteiger charge is 2.15. The number of esters is 1. The van der Waals surface area contributed by atoms with Gasteiger partial charge >= 0.3 is 5.97 Å². The van der Waals surface area contributed by atoms with E-state index in [1.54, 1.807) is 41.8 Å². The van der Waals surface area contributed by atoms with Gasteiger partial charge in [-0.25, -0.2) is 14.2 Å². The molecular formula is C20H13FN2O3S. The van der Waals surface area contributed by atoms with Crippen molar-refractivity contribution in [2.24, 2.45) is 0 Å². The fourth-order valence-electron chi connectivity index (χ4n) is 2.71. The number of hydrogen-bond donors (Lipinski definition) is 0. The molecule has 134 valence electrons. The first kappa shape index (κ1) is 17.1. The van der Waals surface area contributed by atoms with Crippen LogP contribution in [0, 0.1) is 5.82 Å². The number of carbonyl (C=O) groups excluding carboxylic acids is 1. The van der Waals surface area contributed by atoms with Crippen molar-refractivity contribution in [1.29, 1.82) is 0 Å². The van der Waals surface area contributed by atoms with Gasteiger partial charge in [0.2, 0.25) is 0 Å². The summed E-state index contributed by atoms with van der Waals surface area (Å²) >= 11 is 1.32. The van der Waals surface area contributed by atoms with Gasteiger partial charge in [0.1, 0.15) is 22.9 Å². The Morgan fingerprint density at radius 1 is 1.11 bits per heavy atom. The zero-order valence-electron chi connectivity index (χ0n) is 14.0. The number of benzene rings is 2. The number of thiophene rings is 1. The summed E-state index contributed by atoms with van der Waals surface area (Å²) in [5, 5.41) is 2.21. The van der Waals surface area contributed by atoms with Crippen LogP contribution in [0.4, 0.5) is 4.39 Å². The lowest BCUT2D eigenvalue weighted by molar-refractivity contribution is -0.135. The molecule has 2 aromatic heterocycles. The predicted octanol–water partition coefficient (Wildman–Crippen LogP) is 3.87. The van der Waals surface area contributed by atoms with Crippen molar-refractivity contribution in [3.8, 4) is 16.9 Å². The molecule has 0 spiro atoms. The largest absolute Gasteiger partial charge is 0.425 e. The van der Waals surface area contributed by atoms with Crippen LogP contribution in [0.3, 0.4) is 0 Å². The number of fused-ring (bicyclic) bond motifs is 1. The minimum absolute atomic E-state index is 0.255. The van der Waals surface area contributed by atoms with E-state index in [0.29, 0.717) is 27.1 Å². The number of nitrogens with zero attached hydrogens (tertiary/aromatic N) is 2. The minimum Gasteiger partial charge on any atom is -0.425 e. The van der Waals surface area contributed by atoms with Crippen molar-refractivity contribution in [2.75, 3.05) is 0 Å². The Kier molecular flexibility index (Phi) is 4.52. The fourth-order valence-corrected chi connectivity index (χ4v) is 3.62. The number of aromatic nitrogens is 2. The van der Waals surface area contributed by atoms with Crippen LogP contribution in [0.15, 0.2) is 71.1 Å². The van der Waals surface area contributed by atoms with E-state index in [4.69, 9.17) is 4.74 Å². The Balaban J connectivity index is 1.67. The molecule has 0 aliphatic carbocycles. The summed E-state index contributed by atoms with van der Waals surface area (Å²) in [6, 6.07) is 14.5. The highest BCUT2D eigenvalue weighted by Crippen LogP contribution is 2.30. The van der Waals surface area contributed by atoms with Gasteiger partial charge in [-0.1, -0.05) is 30.3 Å². The molecule has 5 nitrogen and oxygen atoms in total. The maximum Gasteiger partial charge on any atom is 0.331 e. The molecule has 27 heavy (non-hydrogen) atoms. The van der Waals surface area contributed by atoms with E-state index in [1.165, 1.54) is 34.4 Å². The molecule has 0 bridgehead atoms. The third-order valence-corrected chi connectivity index (χ3v) is 4.88. The molecule has 2 heterocycles. The van der Waals surface area contributed by atoms with Crippen LogP contribution in [-0.4, -0.2) is 15.5 Å². The van der Waals surface area contributed by atoms with E-state index in [-0.39, 0.29) is 17.9 Å². The summed E-state index contributed by atoms with van der Waals surface area (Å²) in [7, 11) is 0. The molecular weight excluding hydrogens is 367 g/mol. The second-order valence-corrected chi connectivity index (χ2v) is 6.66. The summed E-state index contributed by atoms with van der Waals surface area (Å²) in [6.45, 7) is -0.255. The third kappa shape index (κ3) is 3.50. The fraction of sp³-hybridized carbons (Fsp3) is 0.0500. The van der Waals surface area contributed by atoms with Gasteiger partial charge in [0.05, 0.1) is 11.7 Å². The van der Waals surface area contributed by atoms with Gasteiger partial charge < -0.3 is 4.74 Å². The first-order valence-electron chi connectivity index (χ1n) is 8.10. The van der Waals surface area contributed by atoms with Crippen LogP contribution in [0.2, 0.25) is 0 Å². The molecule has 4 aromatic rings. The number of para-hydroxylation sites is 1. The lowest BCUT2D eigenvalue weighted by atomic mass is 10.1. The van der Waals surface area contributed by atoms with Crippen molar-refractivity contribution in [2.45, 2.75) is 6.54 Å². The molecule has 0 atom stereocenters. The third-order valence-electron chi connectivity index (χ3n) is 3.99. The summed E-state index contributed by atoms with van der Waals surface area (Å²) in [6.07, 6.45) is 1.34. The van der Waals surface area contributed by atoms with E-state index in [0.717, 1.165) is 0 Å². The first-order valence-corrected chi connectivity index (χ1v) is 8.98. The second-order valence-electron chi connectivity index (χ2n) is 5.80. The van der Waals surface area contributed by atoms with Gasteiger partial charge in [0, 0.05) is 10.9 Å². The zero-order valence-corrected chi connectivity index (χ0v) is 14.8. The van der Waals surface area contributed by atoms with Gasteiger partial charge in [-0.05, 0) is 29.8 Å². The van der Waals surface area contributed by atoms with Crippen LogP contribution in [0.5, 0.6) is 5.75 Å². The molecule has 0 aliphatic heterocycles. The summed E-state index contributed by atoms with van der Waals surface area (Å²) in [5.41, 5.74) is 1.04. The highest BCUT2D eigenvalue weighted by atomic mass is 32.1. The molecule has 0 amide bonds. The van der Waals surface area contributed by atoms with Crippen molar-refractivity contribution in [1.82, 2.24) is 9.55 Å². The maximum absolute atomic E-state index is 13.2. The van der Waals surface area contributed by atoms with Gasteiger partial charge in [0.25, 0.3) is 5.56 Å². The average molecular weight is 380 g/mol. The maximum atomic E-state index is 13.2. The SMILES string of the molecule is O=C(Cn1cnc2scc(-c3ccc(F)cc3)c2c1=O)Oc1ccccc1. The van der Waals surface area contributed by atoms with Crippen molar-refractivity contribution in [3.63, 3.8) is 0 Å². The quantitative estimate of drug-likeness (QED) is 0.398. The topological polar surface area (TPSA) is 61.2 Å². The number of hydrogen-bond acceptors (Lipinski definition) is 5. The molecule has 0 fully saturated rings. The van der Waals surface area contributed by atoms with Crippen LogP contribution < -0.4 is 10.3 Å². The standard InChI is InChI=1S/C20H13FN2O3S/c21-14-8-6-13(7-9-14)16-11-27-19-18(16)20(25)23(12-22-19)10-17(24)26-15-4-2-1-3-5-15/h1-9,11-12H,10H2. The number of rotatable bonds is 4. The molecule has 0 unspecified atom stereocenters. The van der Waals surface area contributed by atoms with E-state index in [2.05, 4.69) is 4.98 Å². The molecule has 2 aromatic carbocycles. The summed E-state index contributed by atoms with van der Waals surface area (Å²) in [4.78, 5) is 29.9. The van der Waals surface area contributed by atoms with Crippen LogP contribution in [0.25, 0.3) is 21.3 Å². The zero-order chi connectivity index (χ0) is 18.8. The second kappa shape index (κ2) is 7.13. The summed E-state index contributed by atoms with van der Waals surface area (Å²) < 4.78 is 19.6. The monoisotopic (exact) mass is 380 g/mol. The minimum atomic E-state index is -0.567. The van der Waals surface area contributed by atoms with Gasteiger partial charge in [-0.15, -0.1) is 11.3 Å². The number of carbonyl (C=O) groups is 1. The van der Waals surface area contributed by atoms with E-state index < -0.39 is 5.97 Å². The van der Waals surface area contributed by atoms with E-state index in [9.17, 15) is 14.0 Å². The molecule has 0 saturated heterocycles. The lowest BCUT2D eigenvalue weighted by Crippen LogP contribution is -2.26. The van der Waals surface area contributed by atoms with Gasteiger partial charge in [0.15, 0.2) is 0 Å². The van der Waals surface area contributed by atoms with Crippen molar-refractivity contribution >= 4 is 27.5 Å². The lowest BCUT2D eigenvalue weighted by Gasteiger charge is -2.07. The van der Waals surface area contributed by atoms with Gasteiger partial charge in [-0.3, -0.25) is 9.36 Å². The van der Waals surface area contributed by atoms with E-state index >= 15 is 0 Å². The number of halogens is 1. The average Bonchev–Trinajstić information content (AvgIpc) is 3.10. The Bertz CT molecular complexity index is 1170. The Morgan fingerprint density at radius 3 is 2.59 bits per heavy atom.